The molecule has 0 spiro atoms. The summed E-state index contributed by atoms with van der Waals surface area (Å²) < 4.78 is 0. The molecule has 0 amide bonds. The smallest absolute Gasteiger partial charge is 0 e. The van der Waals surface area contributed by atoms with Crippen LogP contribution >= 0.6 is 0 Å². The molecule has 0 fully saturated rings. The van der Waals surface area contributed by atoms with E-state index in [9.17, 15) is 0 Å². The van der Waals surface area contributed by atoms with E-state index in [1.165, 1.54) is 19.3 Å². The molecule has 0 nitrogen and oxygen atoms in total. The van der Waals surface area contributed by atoms with Gasteiger partial charge < -0.3 is 6.92 Å². The summed E-state index contributed by atoms with van der Waals surface area (Å²) in [6.07, 6.45) is 5.14. The normalized spacial score (nSPS) is 9.33. The Morgan fingerprint density at radius 2 is 1.78 bits per heavy atom. The number of rotatable bonds is 4. The molecule has 0 aliphatic heterocycles. The monoisotopic (exact) mass is 177 g/mol. The number of unbranched alkanes of at least 4 members (excludes halogenated alkanes) is 2. The molecule has 0 radical (unpaired) electrons. The Morgan fingerprint density at radius 1 is 1.22 bits per heavy atom. The summed E-state index contributed by atoms with van der Waals surface area (Å²) in [7, 11) is 0. The third kappa shape index (κ3) is 12.0. The van der Waals surface area contributed by atoms with Crippen LogP contribution < -0.4 is 0 Å². The van der Waals surface area contributed by atoms with Crippen molar-refractivity contribution >= 4 is 0 Å². The van der Waals surface area contributed by atoms with Gasteiger partial charge in [0, 0.05) is 19.5 Å². The van der Waals surface area contributed by atoms with Gasteiger partial charge in [0.25, 0.3) is 0 Å². The molecule has 0 aromatic rings. The van der Waals surface area contributed by atoms with Crippen LogP contribution in [0.4, 0.5) is 0 Å². The predicted molar refractivity (Wildman–Crippen MR) is 38.7 cm³/mol. The fourth-order valence-corrected chi connectivity index (χ4v) is 0.729. The summed E-state index contributed by atoms with van der Waals surface area (Å²) in [4.78, 5) is 0. The van der Waals surface area contributed by atoms with Crippen molar-refractivity contribution in [2.24, 2.45) is 5.92 Å². The first kappa shape index (κ1) is 12.3. The van der Waals surface area contributed by atoms with Gasteiger partial charge in [0.2, 0.25) is 0 Å². The second-order valence-corrected chi connectivity index (χ2v) is 2.74. The summed E-state index contributed by atoms with van der Waals surface area (Å²) in [6, 6.07) is 0. The Balaban J connectivity index is 0. The molecule has 0 N–H and O–H groups in total. The maximum atomic E-state index is 3.78. The van der Waals surface area contributed by atoms with E-state index in [2.05, 4.69) is 20.8 Å². The topological polar surface area (TPSA) is 0 Å². The van der Waals surface area contributed by atoms with Gasteiger partial charge in [0.1, 0.15) is 0 Å². The van der Waals surface area contributed by atoms with Gasteiger partial charge in [-0.15, -0.1) is 0 Å². The van der Waals surface area contributed by atoms with Gasteiger partial charge in [0.15, 0.2) is 0 Å². The van der Waals surface area contributed by atoms with Gasteiger partial charge >= 0.3 is 0 Å². The molecule has 0 unspecified atom stereocenters. The van der Waals surface area contributed by atoms with Crippen LogP contribution in [-0.4, -0.2) is 0 Å². The quantitative estimate of drug-likeness (QED) is 0.353. The summed E-state index contributed by atoms with van der Waals surface area (Å²) in [5.41, 5.74) is 0. The molecule has 0 saturated carbocycles. The van der Waals surface area contributed by atoms with Crippen molar-refractivity contribution in [3.05, 3.63) is 6.92 Å². The van der Waals surface area contributed by atoms with Crippen molar-refractivity contribution in [3.8, 4) is 0 Å². The second-order valence-electron chi connectivity index (χ2n) is 2.74. The van der Waals surface area contributed by atoms with Crippen LogP contribution in [0.5, 0.6) is 0 Å². The largest absolute Gasteiger partial charge is 0.343 e. The minimum Gasteiger partial charge on any atom is -0.343 e. The van der Waals surface area contributed by atoms with Gasteiger partial charge in [-0.1, -0.05) is 33.1 Å². The molecule has 0 atom stereocenters. The van der Waals surface area contributed by atoms with Crippen molar-refractivity contribution in [3.63, 3.8) is 0 Å². The summed E-state index contributed by atoms with van der Waals surface area (Å²) in [6.45, 7) is 8.32. The average Bonchev–Trinajstić information content (AvgIpc) is 1.66. The molecule has 0 aliphatic rings. The van der Waals surface area contributed by atoms with Gasteiger partial charge in [0.05, 0.1) is 0 Å². The van der Waals surface area contributed by atoms with Crippen LogP contribution in [-0.2, 0) is 19.5 Å². The molecule has 0 bridgehead atoms. The van der Waals surface area contributed by atoms with E-state index in [1.807, 2.05) is 0 Å². The zero-order valence-electron chi connectivity index (χ0n) is 6.82. The fraction of sp³-hybridized carbons (Fsp3) is 0.875. The molecular weight excluding hydrogens is 161 g/mol. The SMILES string of the molecule is [CH2-]CCCCC(C)C.[Zn]. The maximum Gasteiger partial charge on any atom is 0 e. The van der Waals surface area contributed by atoms with Crippen LogP contribution in [0.2, 0.25) is 0 Å². The minimum atomic E-state index is 0. The molecule has 0 saturated heterocycles. The van der Waals surface area contributed by atoms with Crippen LogP contribution in [0, 0.1) is 12.8 Å². The first-order valence-electron chi connectivity index (χ1n) is 3.56. The standard InChI is InChI=1S/C8H17.Zn/c1-4-5-6-7-8(2)3;/h8H,1,4-7H2,2-3H3;/q-1;. The van der Waals surface area contributed by atoms with Crippen molar-refractivity contribution in [2.75, 3.05) is 0 Å². The Morgan fingerprint density at radius 3 is 2.11 bits per heavy atom. The Bertz CT molecular complexity index is 41.8. The number of hydrogen-bond donors (Lipinski definition) is 0. The zero-order valence-corrected chi connectivity index (χ0v) is 9.79. The van der Waals surface area contributed by atoms with Gasteiger partial charge in [-0.3, -0.25) is 0 Å². The van der Waals surface area contributed by atoms with Crippen LogP contribution in [0.3, 0.4) is 0 Å². The van der Waals surface area contributed by atoms with E-state index in [-0.39, 0.29) is 19.5 Å². The first-order valence-corrected chi connectivity index (χ1v) is 3.56. The average molecular weight is 179 g/mol. The van der Waals surface area contributed by atoms with E-state index in [0.29, 0.717) is 0 Å². The van der Waals surface area contributed by atoms with Crippen LogP contribution in [0.25, 0.3) is 0 Å². The predicted octanol–water partition coefficient (Wildman–Crippen LogP) is 3.03. The van der Waals surface area contributed by atoms with Crippen LogP contribution in [0.1, 0.15) is 39.5 Å². The van der Waals surface area contributed by atoms with Crippen molar-refractivity contribution < 1.29 is 19.5 Å². The zero-order chi connectivity index (χ0) is 6.41. The van der Waals surface area contributed by atoms with Crippen molar-refractivity contribution in [2.45, 2.75) is 39.5 Å². The maximum absolute atomic E-state index is 3.78. The van der Waals surface area contributed by atoms with Gasteiger partial charge in [-0.25, -0.2) is 0 Å². The molecule has 9 heavy (non-hydrogen) atoms. The third-order valence-electron chi connectivity index (χ3n) is 1.28. The molecule has 0 aromatic heterocycles. The van der Waals surface area contributed by atoms with Crippen LogP contribution in [0.15, 0.2) is 0 Å². The molecule has 0 rings (SSSR count). The van der Waals surface area contributed by atoms with E-state index in [4.69, 9.17) is 0 Å². The fourth-order valence-electron chi connectivity index (χ4n) is 0.729. The van der Waals surface area contributed by atoms with Crippen molar-refractivity contribution in [1.82, 2.24) is 0 Å². The Hall–Kier alpha value is 0.623. The molecule has 0 aromatic carbocycles. The second kappa shape index (κ2) is 8.62. The Labute approximate surface area is 72.2 Å². The van der Waals surface area contributed by atoms with E-state index in [1.54, 1.807) is 0 Å². The van der Waals surface area contributed by atoms with E-state index >= 15 is 0 Å². The summed E-state index contributed by atoms with van der Waals surface area (Å²) in [5, 5.41) is 0. The third-order valence-corrected chi connectivity index (χ3v) is 1.28. The molecular formula is C8H17Zn-. The molecule has 0 heterocycles. The van der Waals surface area contributed by atoms with E-state index < -0.39 is 0 Å². The summed E-state index contributed by atoms with van der Waals surface area (Å²) in [5.74, 6) is 0.876. The molecule has 1 heteroatoms. The summed E-state index contributed by atoms with van der Waals surface area (Å²) >= 11 is 0. The number of hydrogen-bond acceptors (Lipinski definition) is 0. The Kier molecular flexibility index (Phi) is 11.8. The van der Waals surface area contributed by atoms with Gasteiger partial charge in [-0.05, 0) is 5.92 Å². The van der Waals surface area contributed by atoms with E-state index in [0.717, 1.165) is 12.3 Å². The first-order chi connectivity index (χ1) is 3.77. The van der Waals surface area contributed by atoms with Crippen molar-refractivity contribution in [1.29, 1.82) is 0 Å². The van der Waals surface area contributed by atoms with Gasteiger partial charge in [-0.2, -0.15) is 6.42 Å². The molecule has 52 valence electrons. The minimum absolute atomic E-state index is 0. The molecule has 0 aliphatic carbocycles.